The van der Waals surface area contributed by atoms with Gasteiger partial charge in [0.15, 0.2) is 0 Å². The molecule has 210 valence electrons. The van der Waals surface area contributed by atoms with Crippen molar-refractivity contribution >= 4 is 35.1 Å². The number of aliphatic hydroxyl groups is 1. The van der Waals surface area contributed by atoms with Crippen molar-refractivity contribution in [2.24, 2.45) is 11.8 Å². The van der Waals surface area contributed by atoms with Crippen LogP contribution in [0.3, 0.4) is 0 Å². The maximum atomic E-state index is 14.5. The second kappa shape index (κ2) is 11.4. The molecule has 1 unspecified atom stereocenters. The number of unbranched alkanes of at least 4 members (excludes halogenated alkanes) is 2. The number of allylic oxidation sites excluding steroid dienone is 1. The van der Waals surface area contributed by atoms with E-state index in [4.69, 9.17) is 21.1 Å². The van der Waals surface area contributed by atoms with Crippen LogP contribution >= 0.6 is 11.6 Å². The number of hydrogen-bond acceptors (Lipinski definition) is 6. The van der Waals surface area contributed by atoms with E-state index >= 15 is 0 Å². The molecule has 39 heavy (non-hydrogen) atoms. The maximum Gasteiger partial charge on any atom is 0.313 e. The average molecular weight is 557 g/mol. The number of likely N-dealkylation sites (tertiary alicyclic amines) is 1. The fourth-order valence-corrected chi connectivity index (χ4v) is 6.97. The van der Waals surface area contributed by atoms with E-state index in [-0.39, 0.29) is 25.0 Å². The molecule has 2 saturated heterocycles. The van der Waals surface area contributed by atoms with Crippen LogP contribution in [-0.4, -0.2) is 71.3 Å². The van der Waals surface area contributed by atoms with Gasteiger partial charge in [-0.3, -0.25) is 14.4 Å². The van der Waals surface area contributed by atoms with Gasteiger partial charge >= 0.3 is 5.97 Å². The van der Waals surface area contributed by atoms with E-state index in [9.17, 15) is 19.5 Å². The zero-order chi connectivity index (χ0) is 27.6. The molecule has 1 spiro atoms. The first kappa shape index (κ1) is 27.9. The van der Waals surface area contributed by atoms with Gasteiger partial charge in [0.2, 0.25) is 5.91 Å². The molecule has 1 aromatic rings. The number of benzene rings is 1. The maximum absolute atomic E-state index is 14.5. The van der Waals surface area contributed by atoms with Gasteiger partial charge in [-0.2, -0.15) is 0 Å². The highest BCUT2D eigenvalue weighted by atomic mass is 35.5. The minimum atomic E-state index is -1.33. The van der Waals surface area contributed by atoms with Crippen molar-refractivity contribution in [2.45, 2.75) is 69.1 Å². The Bertz CT molecular complexity index is 1170. The molecule has 0 radical (unpaired) electrons. The van der Waals surface area contributed by atoms with E-state index in [2.05, 4.69) is 0 Å². The monoisotopic (exact) mass is 556 g/mol. The van der Waals surface area contributed by atoms with Crippen molar-refractivity contribution in [2.75, 3.05) is 31.2 Å². The van der Waals surface area contributed by atoms with E-state index in [1.165, 1.54) is 0 Å². The summed E-state index contributed by atoms with van der Waals surface area (Å²) < 4.78 is 12.7. The first-order chi connectivity index (χ1) is 18.9. The predicted molar refractivity (Wildman–Crippen MR) is 147 cm³/mol. The summed E-state index contributed by atoms with van der Waals surface area (Å²) in [7, 11) is 0. The summed E-state index contributed by atoms with van der Waals surface area (Å²) in [5.41, 5.74) is -1.84. The molecular weight excluding hydrogens is 520 g/mol. The molecule has 4 heterocycles. The Morgan fingerprint density at radius 1 is 1.03 bits per heavy atom. The molecule has 1 aromatic carbocycles. The zero-order valence-corrected chi connectivity index (χ0v) is 23.1. The molecule has 0 aliphatic carbocycles. The van der Waals surface area contributed by atoms with Gasteiger partial charge in [0.05, 0.1) is 23.2 Å². The largest absolute Gasteiger partial charge is 0.465 e. The van der Waals surface area contributed by atoms with Gasteiger partial charge in [0, 0.05) is 19.7 Å². The lowest BCUT2D eigenvalue weighted by Crippen LogP contribution is -2.56. The van der Waals surface area contributed by atoms with Gasteiger partial charge < -0.3 is 24.4 Å². The second-order valence-corrected chi connectivity index (χ2v) is 11.2. The molecule has 2 fully saturated rings. The number of fused-ring (bicyclic) bond motifs is 2. The van der Waals surface area contributed by atoms with Crippen molar-refractivity contribution in [3.8, 4) is 0 Å². The first-order valence-electron chi connectivity index (χ1n) is 14.1. The summed E-state index contributed by atoms with van der Waals surface area (Å²) in [5.74, 6) is -2.79. The van der Waals surface area contributed by atoms with E-state index in [0.717, 1.165) is 19.3 Å². The molecule has 1 N–H and O–H groups in total. The Balaban J connectivity index is 1.63. The molecule has 5 atom stereocenters. The minimum Gasteiger partial charge on any atom is -0.465 e. The SMILES string of the molecule is CC[C@]12/C=C\CCCCOC(=O)[C@H]1[C@H]1C(=O)N(CCCCCO)C3C(=O)N(c4ccccc4Cl)CC=C[C@@]31O2. The Morgan fingerprint density at radius 3 is 2.62 bits per heavy atom. The Hall–Kier alpha value is -2.68. The Kier molecular flexibility index (Phi) is 8.17. The normalized spacial score (nSPS) is 33.3. The van der Waals surface area contributed by atoms with Crippen LogP contribution in [0.4, 0.5) is 5.69 Å². The molecule has 8 nitrogen and oxygen atoms in total. The van der Waals surface area contributed by atoms with Crippen LogP contribution in [-0.2, 0) is 23.9 Å². The average Bonchev–Trinajstić information content (AvgIpc) is 3.28. The molecule has 0 saturated carbocycles. The number of aliphatic hydroxyl groups excluding tert-OH is 1. The number of cyclic esters (lactones) is 1. The van der Waals surface area contributed by atoms with Crippen LogP contribution < -0.4 is 4.90 Å². The van der Waals surface area contributed by atoms with Crippen LogP contribution in [0.25, 0.3) is 0 Å². The number of para-hydroxylation sites is 1. The highest BCUT2D eigenvalue weighted by Gasteiger charge is 2.75. The van der Waals surface area contributed by atoms with Crippen molar-refractivity contribution in [3.63, 3.8) is 0 Å². The topological polar surface area (TPSA) is 96.4 Å². The van der Waals surface area contributed by atoms with E-state index in [1.807, 2.05) is 37.3 Å². The molecule has 2 amide bonds. The molecule has 9 heteroatoms. The number of hydrogen-bond donors (Lipinski definition) is 1. The lowest BCUT2D eigenvalue weighted by molar-refractivity contribution is -0.160. The third-order valence-corrected chi connectivity index (χ3v) is 8.90. The van der Waals surface area contributed by atoms with Crippen LogP contribution in [0.5, 0.6) is 0 Å². The first-order valence-corrected chi connectivity index (χ1v) is 14.5. The highest BCUT2D eigenvalue weighted by molar-refractivity contribution is 6.34. The van der Waals surface area contributed by atoms with Crippen LogP contribution in [0.1, 0.15) is 51.9 Å². The smallest absolute Gasteiger partial charge is 0.313 e. The van der Waals surface area contributed by atoms with Crippen LogP contribution in [0.15, 0.2) is 48.6 Å². The Labute approximate surface area is 234 Å². The van der Waals surface area contributed by atoms with Gasteiger partial charge in [0.1, 0.15) is 23.2 Å². The van der Waals surface area contributed by atoms with Crippen molar-refractivity contribution in [1.29, 1.82) is 0 Å². The predicted octanol–water partition coefficient (Wildman–Crippen LogP) is 4.05. The number of ether oxygens (including phenoxy) is 2. The van der Waals surface area contributed by atoms with Gasteiger partial charge in [0.25, 0.3) is 5.91 Å². The highest BCUT2D eigenvalue weighted by Crippen LogP contribution is 2.58. The van der Waals surface area contributed by atoms with Crippen molar-refractivity contribution < 1.29 is 29.0 Å². The molecule has 5 rings (SSSR count). The van der Waals surface area contributed by atoms with Gasteiger partial charge in [-0.15, -0.1) is 0 Å². The van der Waals surface area contributed by atoms with Gasteiger partial charge in [-0.25, -0.2) is 0 Å². The number of amides is 2. The van der Waals surface area contributed by atoms with Gasteiger partial charge in [-0.1, -0.05) is 55.0 Å². The van der Waals surface area contributed by atoms with Crippen LogP contribution in [0, 0.1) is 11.8 Å². The van der Waals surface area contributed by atoms with Gasteiger partial charge in [-0.05, 0) is 57.1 Å². The summed E-state index contributed by atoms with van der Waals surface area (Å²) in [5, 5.41) is 9.69. The van der Waals surface area contributed by atoms with Crippen molar-refractivity contribution in [3.05, 3.63) is 53.6 Å². The fraction of sp³-hybridized carbons (Fsp3) is 0.567. The number of anilines is 1. The molecule has 4 aliphatic heterocycles. The standard InChI is InChI=1S/C30H37ClN2O6/c1-2-29-15-8-3-4-11-20-38-28(37)24(29)23-26(35)33(17-9-5-10-19-34)25-27(36)32(18-12-16-30(23,25)39-29)22-14-7-6-13-21(22)31/h6-8,12-16,23-25,34H,2-5,9-11,17-20H2,1H3/b15-8-/t23-,24+,25?,29-,30-/m0/s1. The molecule has 4 aliphatic rings. The lowest BCUT2D eigenvalue weighted by atomic mass is 9.73. The third-order valence-electron chi connectivity index (χ3n) is 8.58. The minimum absolute atomic E-state index is 0.0638. The Morgan fingerprint density at radius 2 is 1.85 bits per heavy atom. The van der Waals surface area contributed by atoms with E-state index in [1.54, 1.807) is 28.0 Å². The number of rotatable bonds is 7. The summed E-state index contributed by atoms with van der Waals surface area (Å²) in [4.78, 5) is 45.7. The number of carbonyl (C=O) groups excluding carboxylic acids is 3. The second-order valence-electron chi connectivity index (χ2n) is 10.8. The number of esters is 1. The zero-order valence-electron chi connectivity index (χ0n) is 22.4. The lowest BCUT2D eigenvalue weighted by Gasteiger charge is -2.38. The molecule has 0 aromatic heterocycles. The summed E-state index contributed by atoms with van der Waals surface area (Å²) >= 11 is 6.52. The molecular formula is C30H37ClN2O6. The van der Waals surface area contributed by atoms with Crippen molar-refractivity contribution in [1.82, 2.24) is 4.90 Å². The summed E-state index contributed by atoms with van der Waals surface area (Å²) in [6, 6.07) is 6.17. The van der Waals surface area contributed by atoms with E-state index < -0.39 is 35.0 Å². The quantitative estimate of drug-likeness (QED) is 0.309. The number of carbonyl (C=O) groups is 3. The summed E-state index contributed by atoms with van der Waals surface area (Å²) in [6.07, 6.45) is 12.5. The fourth-order valence-electron chi connectivity index (χ4n) is 6.74. The number of halogens is 1. The summed E-state index contributed by atoms with van der Waals surface area (Å²) in [6.45, 7) is 2.87. The van der Waals surface area contributed by atoms with E-state index in [0.29, 0.717) is 49.5 Å². The molecule has 0 bridgehead atoms. The van der Waals surface area contributed by atoms with Crippen LogP contribution in [0.2, 0.25) is 5.02 Å². The third kappa shape index (κ3) is 4.70. The number of nitrogens with zero attached hydrogens (tertiary/aromatic N) is 2.